The Bertz CT molecular complexity index is 746. The maximum Gasteiger partial charge on any atom is 0.122 e. The van der Waals surface area contributed by atoms with Crippen molar-refractivity contribution in [2.24, 2.45) is 0 Å². The molecule has 0 aromatic heterocycles. The summed E-state index contributed by atoms with van der Waals surface area (Å²) in [7, 11) is 0. The molecule has 2 heteroatoms. The highest BCUT2D eigenvalue weighted by molar-refractivity contribution is 7.99. The molecule has 2 aromatic rings. The second-order valence-electron chi connectivity index (χ2n) is 8.63. The average molecular weight is 342 g/mol. The van der Waals surface area contributed by atoms with Gasteiger partial charge in [-0.25, -0.2) is 0 Å². The third-order valence-corrected chi connectivity index (χ3v) is 5.36. The van der Waals surface area contributed by atoms with Crippen molar-refractivity contribution >= 4 is 11.8 Å². The summed E-state index contributed by atoms with van der Waals surface area (Å²) < 4.78 is 0. The van der Waals surface area contributed by atoms with Crippen LogP contribution in [-0.2, 0) is 10.8 Å². The number of phenolic OH excluding ortho intramolecular Hbond substituents is 1. The summed E-state index contributed by atoms with van der Waals surface area (Å²) in [6.45, 7) is 17.1. The third-order valence-electron chi connectivity index (χ3n) is 4.23. The van der Waals surface area contributed by atoms with Crippen molar-refractivity contribution in [3.05, 3.63) is 52.6 Å². The molecule has 0 aliphatic carbocycles. The molecule has 24 heavy (non-hydrogen) atoms. The van der Waals surface area contributed by atoms with E-state index in [1.165, 1.54) is 20.9 Å². The van der Waals surface area contributed by atoms with Crippen molar-refractivity contribution in [3.63, 3.8) is 0 Å². The Hall–Kier alpha value is -1.41. The van der Waals surface area contributed by atoms with Crippen LogP contribution in [0.25, 0.3) is 0 Å². The SMILES string of the molecule is Cc1c[c]c(C(C)(C)C)cc1Sc1cc(C)c(O)c(C(C)(C)C)c1. The number of benzene rings is 2. The van der Waals surface area contributed by atoms with E-state index in [9.17, 15) is 5.11 Å². The molecular formula is C22H29OS. The molecule has 1 nitrogen and oxygen atoms in total. The van der Waals surface area contributed by atoms with Gasteiger partial charge in [-0.2, -0.15) is 0 Å². The number of aromatic hydroxyl groups is 1. The van der Waals surface area contributed by atoms with Gasteiger partial charge in [0.2, 0.25) is 0 Å². The summed E-state index contributed by atoms with van der Waals surface area (Å²) in [6, 6.07) is 11.9. The Kier molecular flexibility index (Phi) is 5.11. The van der Waals surface area contributed by atoms with Crippen molar-refractivity contribution in [1.29, 1.82) is 0 Å². The number of hydrogen-bond donors (Lipinski definition) is 1. The number of rotatable bonds is 2. The zero-order valence-electron chi connectivity index (χ0n) is 16.2. The predicted octanol–water partition coefficient (Wildman–Crippen LogP) is 6.56. The van der Waals surface area contributed by atoms with Crippen molar-refractivity contribution in [2.45, 2.75) is 76.0 Å². The number of hydrogen-bond acceptors (Lipinski definition) is 2. The first kappa shape index (κ1) is 18.9. The zero-order valence-corrected chi connectivity index (χ0v) is 17.0. The van der Waals surface area contributed by atoms with Crippen molar-refractivity contribution in [2.75, 3.05) is 0 Å². The molecule has 0 unspecified atom stereocenters. The minimum atomic E-state index is -0.0819. The van der Waals surface area contributed by atoms with E-state index in [-0.39, 0.29) is 10.8 Å². The summed E-state index contributed by atoms with van der Waals surface area (Å²) in [5.74, 6) is 0.417. The van der Waals surface area contributed by atoms with Crippen molar-refractivity contribution in [3.8, 4) is 5.75 Å². The van der Waals surface area contributed by atoms with Gasteiger partial charge in [0.15, 0.2) is 0 Å². The largest absolute Gasteiger partial charge is 0.507 e. The maximum atomic E-state index is 10.4. The molecule has 0 spiro atoms. The number of aryl methyl sites for hydroxylation is 2. The fourth-order valence-electron chi connectivity index (χ4n) is 2.59. The van der Waals surface area contributed by atoms with Gasteiger partial charge < -0.3 is 5.11 Å². The van der Waals surface area contributed by atoms with Crippen molar-refractivity contribution < 1.29 is 5.11 Å². The lowest BCUT2D eigenvalue weighted by atomic mass is 9.85. The van der Waals surface area contributed by atoms with Crippen LogP contribution in [0.15, 0.2) is 34.1 Å². The van der Waals surface area contributed by atoms with E-state index in [4.69, 9.17) is 0 Å². The third kappa shape index (κ3) is 4.16. The van der Waals surface area contributed by atoms with E-state index in [1.54, 1.807) is 11.8 Å². The standard InChI is InChI=1S/C22H29OS/c1-14-9-10-16(21(3,4)5)12-19(14)24-17-11-15(2)20(23)18(13-17)22(6,7)8/h9,11-13,23H,1-8H3. The van der Waals surface area contributed by atoms with E-state index in [0.717, 1.165) is 11.1 Å². The monoisotopic (exact) mass is 341 g/mol. The minimum absolute atomic E-state index is 0.0819. The highest BCUT2D eigenvalue weighted by Gasteiger charge is 2.21. The molecule has 0 bridgehead atoms. The van der Waals surface area contributed by atoms with Gasteiger partial charge in [-0.3, -0.25) is 0 Å². The van der Waals surface area contributed by atoms with Crippen molar-refractivity contribution in [1.82, 2.24) is 0 Å². The van der Waals surface area contributed by atoms with Gasteiger partial charge in [-0.05, 0) is 65.6 Å². The minimum Gasteiger partial charge on any atom is -0.507 e. The Morgan fingerprint density at radius 3 is 2.04 bits per heavy atom. The van der Waals surface area contributed by atoms with Gasteiger partial charge in [0.1, 0.15) is 5.75 Å². The molecule has 0 aliphatic heterocycles. The summed E-state index contributed by atoms with van der Waals surface area (Å²) in [5, 5.41) is 10.4. The van der Waals surface area contributed by atoms with Crippen LogP contribution in [0, 0.1) is 19.9 Å². The van der Waals surface area contributed by atoms with Crippen LogP contribution in [-0.4, -0.2) is 5.11 Å². The highest BCUT2D eigenvalue weighted by Crippen LogP contribution is 2.40. The van der Waals surface area contributed by atoms with E-state index >= 15 is 0 Å². The molecule has 0 saturated carbocycles. The van der Waals surface area contributed by atoms with Gasteiger partial charge in [-0.1, -0.05) is 59.4 Å². The van der Waals surface area contributed by atoms with Crippen LogP contribution in [0.3, 0.4) is 0 Å². The Balaban J connectivity index is 2.47. The Labute approximate surface area is 151 Å². The van der Waals surface area contributed by atoms with Crippen LogP contribution in [0.1, 0.15) is 63.8 Å². The molecule has 0 fully saturated rings. The van der Waals surface area contributed by atoms with E-state index < -0.39 is 0 Å². The predicted molar refractivity (Wildman–Crippen MR) is 104 cm³/mol. The van der Waals surface area contributed by atoms with Gasteiger partial charge in [-0.15, -0.1) is 0 Å². The lowest BCUT2D eigenvalue weighted by Gasteiger charge is -2.23. The highest BCUT2D eigenvalue weighted by atomic mass is 32.2. The fourth-order valence-corrected chi connectivity index (χ4v) is 3.65. The second kappa shape index (κ2) is 6.48. The molecule has 0 amide bonds. The zero-order chi connectivity index (χ0) is 18.3. The quantitative estimate of drug-likeness (QED) is 0.668. The van der Waals surface area contributed by atoms with Crippen LogP contribution < -0.4 is 0 Å². The molecular weight excluding hydrogens is 312 g/mol. The van der Waals surface area contributed by atoms with E-state index in [1.807, 2.05) is 6.92 Å². The molecule has 129 valence electrons. The lowest BCUT2D eigenvalue weighted by molar-refractivity contribution is 0.442. The van der Waals surface area contributed by atoms with Crippen LogP contribution in [0.5, 0.6) is 5.75 Å². The topological polar surface area (TPSA) is 20.2 Å². The van der Waals surface area contributed by atoms with Gasteiger partial charge in [0, 0.05) is 15.4 Å². The summed E-state index contributed by atoms with van der Waals surface area (Å²) >= 11 is 1.77. The van der Waals surface area contributed by atoms with Crippen LogP contribution >= 0.6 is 11.8 Å². The van der Waals surface area contributed by atoms with Crippen LogP contribution in [0.4, 0.5) is 0 Å². The first-order valence-corrected chi connectivity index (χ1v) is 9.26. The normalized spacial score (nSPS) is 12.5. The lowest BCUT2D eigenvalue weighted by Crippen LogP contribution is -2.12. The first-order chi connectivity index (χ1) is 10.9. The van der Waals surface area contributed by atoms with Gasteiger partial charge >= 0.3 is 0 Å². The summed E-state index contributed by atoms with van der Waals surface area (Å²) in [6.07, 6.45) is 0. The molecule has 0 atom stereocenters. The Morgan fingerprint density at radius 2 is 1.50 bits per heavy atom. The van der Waals surface area contributed by atoms with Gasteiger partial charge in [0.05, 0.1) is 0 Å². The molecule has 0 heterocycles. The van der Waals surface area contributed by atoms with E-state index in [0.29, 0.717) is 5.75 Å². The maximum absolute atomic E-state index is 10.4. The molecule has 0 saturated heterocycles. The molecule has 2 rings (SSSR count). The summed E-state index contributed by atoms with van der Waals surface area (Å²) in [4.78, 5) is 2.42. The van der Waals surface area contributed by atoms with E-state index in [2.05, 4.69) is 78.8 Å². The van der Waals surface area contributed by atoms with Gasteiger partial charge in [0.25, 0.3) is 0 Å². The molecule has 2 aromatic carbocycles. The smallest absolute Gasteiger partial charge is 0.122 e. The second-order valence-corrected chi connectivity index (χ2v) is 9.75. The molecule has 1 radical (unpaired) electrons. The average Bonchev–Trinajstić information content (AvgIpc) is 2.42. The summed E-state index contributed by atoms with van der Waals surface area (Å²) in [5.41, 5.74) is 4.40. The first-order valence-electron chi connectivity index (χ1n) is 8.44. The molecule has 1 N–H and O–H groups in total. The van der Waals surface area contributed by atoms with Crippen LogP contribution in [0.2, 0.25) is 0 Å². The Morgan fingerprint density at radius 1 is 0.875 bits per heavy atom. The molecule has 0 aliphatic rings. The number of phenols is 1. The fraction of sp³-hybridized carbons (Fsp3) is 0.455.